The molecular weight excluding hydrogens is 286 g/mol. The van der Waals surface area contributed by atoms with E-state index in [9.17, 15) is 8.78 Å². The van der Waals surface area contributed by atoms with Crippen molar-refractivity contribution in [2.45, 2.75) is 35.0 Å². The second-order valence-corrected chi connectivity index (χ2v) is 6.31. The van der Waals surface area contributed by atoms with Gasteiger partial charge in [-0.1, -0.05) is 18.7 Å². The molecule has 102 valence electrons. The van der Waals surface area contributed by atoms with Crippen molar-refractivity contribution >= 4 is 23.1 Å². The van der Waals surface area contributed by atoms with Crippen LogP contribution in [0.5, 0.6) is 0 Å². The highest BCUT2D eigenvalue weighted by atomic mass is 32.2. The largest absolute Gasteiger partial charge is 0.327 e. The van der Waals surface area contributed by atoms with Crippen molar-refractivity contribution in [1.82, 2.24) is 4.98 Å². The maximum absolute atomic E-state index is 13.9. The van der Waals surface area contributed by atoms with Gasteiger partial charge in [0, 0.05) is 17.6 Å². The van der Waals surface area contributed by atoms with Gasteiger partial charge in [0.1, 0.15) is 11.6 Å². The summed E-state index contributed by atoms with van der Waals surface area (Å²) in [6, 6.07) is 2.64. The van der Waals surface area contributed by atoms with Gasteiger partial charge >= 0.3 is 0 Å². The van der Waals surface area contributed by atoms with Gasteiger partial charge < -0.3 is 5.73 Å². The topological polar surface area (TPSA) is 38.9 Å². The van der Waals surface area contributed by atoms with Crippen molar-refractivity contribution in [2.24, 2.45) is 5.73 Å². The van der Waals surface area contributed by atoms with Crippen molar-refractivity contribution in [2.75, 3.05) is 0 Å². The molecule has 1 aromatic heterocycles. The van der Waals surface area contributed by atoms with Gasteiger partial charge in [-0.05, 0) is 30.5 Å². The molecule has 1 aromatic carbocycles. The summed E-state index contributed by atoms with van der Waals surface area (Å²) in [5, 5.41) is 1.77. The number of thiazole rings is 1. The molecule has 0 saturated heterocycles. The van der Waals surface area contributed by atoms with E-state index in [1.807, 2.05) is 6.92 Å². The van der Waals surface area contributed by atoms with Crippen molar-refractivity contribution in [3.63, 3.8) is 0 Å². The molecule has 0 spiro atoms. The third kappa shape index (κ3) is 3.75. The van der Waals surface area contributed by atoms with Crippen LogP contribution in [-0.2, 0) is 6.42 Å². The van der Waals surface area contributed by atoms with Crippen LogP contribution in [0.4, 0.5) is 8.78 Å². The number of nitrogens with two attached hydrogens (primary N) is 1. The third-order valence-corrected chi connectivity index (χ3v) is 4.66. The van der Waals surface area contributed by atoms with E-state index in [1.165, 1.54) is 23.5 Å². The van der Waals surface area contributed by atoms with Crippen molar-refractivity contribution in [3.05, 3.63) is 40.9 Å². The lowest BCUT2D eigenvalue weighted by Gasteiger charge is -2.10. The van der Waals surface area contributed by atoms with E-state index in [1.54, 1.807) is 11.6 Å². The monoisotopic (exact) mass is 300 g/mol. The molecule has 2 aromatic rings. The molecule has 1 unspecified atom stereocenters. The molecule has 0 aliphatic carbocycles. The first-order valence-electron chi connectivity index (χ1n) is 5.91. The molecular formula is C13H14F2N2S2. The molecule has 0 radical (unpaired) electrons. The zero-order valence-corrected chi connectivity index (χ0v) is 12.0. The van der Waals surface area contributed by atoms with Crippen molar-refractivity contribution in [3.8, 4) is 0 Å². The first kappa shape index (κ1) is 14.4. The van der Waals surface area contributed by atoms with Gasteiger partial charge in [-0.3, -0.25) is 0 Å². The maximum Gasteiger partial charge on any atom is 0.154 e. The molecule has 6 heteroatoms. The Kier molecular flexibility index (Phi) is 4.90. The summed E-state index contributed by atoms with van der Waals surface area (Å²) in [7, 11) is 0. The molecule has 0 amide bonds. The lowest BCUT2D eigenvalue weighted by atomic mass is 10.0. The Labute approximate surface area is 119 Å². The molecule has 2 rings (SSSR count). The summed E-state index contributed by atoms with van der Waals surface area (Å²) in [5.74, 6) is -1.11. The fourth-order valence-corrected chi connectivity index (χ4v) is 3.19. The summed E-state index contributed by atoms with van der Waals surface area (Å²) in [6.45, 7) is 1.95. The molecule has 0 aliphatic heterocycles. The Morgan fingerprint density at radius 1 is 1.37 bits per heavy atom. The molecule has 0 saturated carbocycles. The number of halogens is 2. The van der Waals surface area contributed by atoms with E-state index in [0.29, 0.717) is 16.3 Å². The maximum atomic E-state index is 13.9. The Balaban J connectivity index is 2.22. The Morgan fingerprint density at radius 3 is 2.58 bits per heavy atom. The zero-order chi connectivity index (χ0) is 13.8. The Morgan fingerprint density at radius 2 is 2.05 bits per heavy atom. The second-order valence-electron chi connectivity index (χ2n) is 4.16. The predicted molar refractivity (Wildman–Crippen MR) is 74.6 cm³/mol. The van der Waals surface area contributed by atoms with E-state index in [-0.39, 0.29) is 10.9 Å². The van der Waals surface area contributed by atoms with E-state index in [2.05, 4.69) is 4.98 Å². The van der Waals surface area contributed by atoms with Crippen LogP contribution >= 0.6 is 23.1 Å². The first-order valence-corrected chi connectivity index (χ1v) is 7.60. The number of hydrogen-bond donors (Lipinski definition) is 1. The predicted octanol–water partition coefficient (Wildman–Crippen LogP) is 3.85. The number of nitrogens with zero attached hydrogens (tertiary/aromatic N) is 1. The second kappa shape index (κ2) is 6.45. The van der Waals surface area contributed by atoms with E-state index < -0.39 is 11.6 Å². The van der Waals surface area contributed by atoms with Gasteiger partial charge in [-0.2, -0.15) is 0 Å². The van der Waals surface area contributed by atoms with Gasteiger partial charge in [0.25, 0.3) is 0 Å². The number of rotatable bonds is 5. The van der Waals surface area contributed by atoms with Gasteiger partial charge in [0.2, 0.25) is 0 Å². The zero-order valence-electron chi connectivity index (χ0n) is 10.4. The fourth-order valence-electron chi connectivity index (χ4n) is 1.62. The highest BCUT2D eigenvalue weighted by molar-refractivity contribution is 8.01. The van der Waals surface area contributed by atoms with Crippen LogP contribution in [0, 0.1) is 11.6 Å². The lowest BCUT2D eigenvalue weighted by molar-refractivity contribution is 0.533. The van der Waals surface area contributed by atoms with Gasteiger partial charge in [-0.25, -0.2) is 13.8 Å². The SMILES string of the molecule is CCC(N)Cc1cc(F)c(Sc2nccs2)c(F)c1. The summed E-state index contributed by atoms with van der Waals surface area (Å²) < 4.78 is 28.5. The molecule has 2 N–H and O–H groups in total. The van der Waals surface area contributed by atoms with Crippen molar-refractivity contribution in [1.29, 1.82) is 0 Å². The summed E-state index contributed by atoms with van der Waals surface area (Å²) >= 11 is 2.36. The van der Waals surface area contributed by atoms with Crippen LogP contribution in [0.15, 0.2) is 32.9 Å². The summed E-state index contributed by atoms with van der Waals surface area (Å²) in [5.41, 5.74) is 6.39. The minimum Gasteiger partial charge on any atom is -0.327 e. The van der Waals surface area contributed by atoms with Gasteiger partial charge in [-0.15, -0.1) is 11.3 Å². The van der Waals surface area contributed by atoms with Gasteiger partial charge in [0.05, 0.1) is 4.90 Å². The van der Waals surface area contributed by atoms with Gasteiger partial charge in [0.15, 0.2) is 4.34 Å². The van der Waals surface area contributed by atoms with E-state index in [4.69, 9.17) is 5.73 Å². The molecule has 0 aliphatic rings. The highest BCUT2D eigenvalue weighted by Gasteiger charge is 2.15. The summed E-state index contributed by atoms with van der Waals surface area (Å²) in [4.78, 5) is 4.00. The Hall–Kier alpha value is -0.980. The van der Waals surface area contributed by atoms with Crippen LogP contribution in [0.25, 0.3) is 0 Å². The van der Waals surface area contributed by atoms with Crippen LogP contribution in [0.3, 0.4) is 0 Å². The van der Waals surface area contributed by atoms with Crippen LogP contribution < -0.4 is 5.73 Å². The number of benzene rings is 1. The van der Waals surface area contributed by atoms with E-state index in [0.717, 1.165) is 18.2 Å². The van der Waals surface area contributed by atoms with Crippen LogP contribution in [-0.4, -0.2) is 11.0 Å². The standard InChI is InChI=1S/C13H14F2N2S2/c1-2-9(16)5-8-6-10(14)12(11(15)7-8)19-13-17-3-4-18-13/h3-4,6-7,9H,2,5,16H2,1H3. The fraction of sp³-hybridized carbons (Fsp3) is 0.308. The number of hydrogen-bond acceptors (Lipinski definition) is 4. The number of aromatic nitrogens is 1. The third-order valence-electron chi connectivity index (χ3n) is 2.68. The summed E-state index contributed by atoms with van der Waals surface area (Å²) in [6.07, 6.45) is 2.86. The quantitative estimate of drug-likeness (QED) is 0.911. The minimum absolute atomic E-state index is 0.0104. The molecule has 0 fully saturated rings. The average Bonchev–Trinajstić information content (AvgIpc) is 2.86. The molecule has 0 bridgehead atoms. The minimum atomic E-state index is -0.557. The lowest BCUT2D eigenvalue weighted by Crippen LogP contribution is -2.21. The first-order chi connectivity index (χ1) is 9.10. The smallest absolute Gasteiger partial charge is 0.154 e. The normalized spacial score (nSPS) is 12.6. The van der Waals surface area contributed by atoms with Crippen molar-refractivity contribution < 1.29 is 8.78 Å². The molecule has 2 nitrogen and oxygen atoms in total. The van der Waals surface area contributed by atoms with Crippen LogP contribution in [0.1, 0.15) is 18.9 Å². The molecule has 1 atom stereocenters. The van der Waals surface area contributed by atoms with Crippen LogP contribution in [0.2, 0.25) is 0 Å². The highest BCUT2D eigenvalue weighted by Crippen LogP contribution is 2.33. The Bertz CT molecular complexity index is 521. The molecule has 1 heterocycles. The molecule has 19 heavy (non-hydrogen) atoms. The average molecular weight is 300 g/mol. The van der Waals surface area contributed by atoms with E-state index >= 15 is 0 Å².